The maximum Gasteiger partial charge on any atom is 0.0582 e. The fourth-order valence-corrected chi connectivity index (χ4v) is 1.74. The first-order chi connectivity index (χ1) is 5.85. The van der Waals surface area contributed by atoms with Crippen molar-refractivity contribution in [2.75, 3.05) is 6.61 Å². The molecule has 0 aromatic carbocycles. The fourth-order valence-electron chi connectivity index (χ4n) is 1.74. The van der Waals surface area contributed by atoms with Gasteiger partial charge >= 0.3 is 0 Å². The van der Waals surface area contributed by atoms with Crippen LogP contribution in [0.4, 0.5) is 0 Å². The van der Waals surface area contributed by atoms with Crippen LogP contribution in [-0.4, -0.2) is 17.8 Å². The van der Waals surface area contributed by atoms with E-state index in [0.717, 1.165) is 12.8 Å². The van der Waals surface area contributed by atoms with E-state index in [-0.39, 0.29) is 12.6 Å². The van der Waals surface area contributed by atoms with Crippen LogP contribution >= 0.6 is 0 Å². The van der Waals surface area contributed by atoms with E-state index in [1.165, 1.54) is 6.42 Å². The average molecular weight is 187 g/mol. The molecule has 0 bridgehead atoms. The van der Waals surface area contributed by atoms with Gasteiger partial charge in [-0.2, -0.15) is 0 Å². The molecule has 0 radical (unpaired) electrons. The lowest BCUT2D eigenvalue weighted by Gasteiger charge is -2.23. The lowest BCUT2D eigenvalue weighted by atomic mass is 9.83. The van der Waals surface area contributed by atoms with Crippen LogP contribution in [0, 0.1) is 11.3 Å². The summed E-state index contributed by atoms with van der Waals surface area (Å²) in [4.78, 5) is 0. The summed E-state index contributed by atoms with van der Waals surface area (Å²) >= 11 is 0. The molecule has 13 heavy (non-hydrogen) atoms. The van der Waals surface area contributed by atoms with E-state index < -0.39 is 0 Å². The second-order valence-electron chi connectivity index (χ2n) is 5.39. The van der Waals surface area contributed by atoms with Crippen molar-refractivity contribution in [2.24, 2.45) is 17.1 Å². The smallest absolute Gasteiger partial charge is 0.0582 e. The minimum atomic E-state index is -0.0255. The molecule has 3 N–H and O–H groups in total. The van der Waals surface area contributed by atoms with Crippen molar-refractivity contribution in [1.82, 2.24) is 0 Å². The molecule has 2 atom stereocenters. The van der Waals surface area contributed by atoms with Gasteiger partial charge in [-0.05, 0) is 30.6 Å². The monoisotopic (exact) mass is 187 g/mol. The predicted molar refractivity (Wildman–Crippen MR) is 57.5 cm³/mol. The van der Waals surface area contributed by atoms with Crippen LogP contribution in [-0.2, 0) is 0 Å². The molecular formula is C11H25NO. The van der Waals surface area contributed by atoms with Crippen LogP contribution < -0.4 is 5.73 Å². The normalized spacial score (nSPS) is 17.1. The molecule has 0 amide bonds. The molecule has 0 aromatic heterocycles. The largest absolute Gasteiger partial charge is 0.395 e. The molecule has 0 saturated carbocycles. The van der Waals surface area contributed by atoms with E-state index in [1.54, 1.807) is 0 Å². The molecule has 0 aliphatic carbocycles. The summed E-state index contributed by atoms with van der Waals surface area (Å²) < 4.78 is 0. The van der Waals surface area contributed by atoms with Crippen LogP contribution in [0.5, 0.6) is 0 Å². The molecule has 0 saturated heterocycles. The highest BCUT2D eigenvalue weighted by atomic mass is 16.3. The van der Waals surface area contributed by atoms with E-state index >= 15 is 0 Å². The first-order valence-electron chi connectivity index (χ1n) is 5.21. The summed E-state index contributed by atoms with van der Waals surface area (Å²) in [7, 11) is 0. The fraction of sp³-hybridized carbons (Fsp3) is 1.00. The zero-order valence-electron chi connectivity index (χ0n) is 9.51. The Bertz CT molecular complexity index is 129. The molecule has 2 heteroatoms. The Hall–Kier alpha value is -0.0800. The van der Waals surface area contributed by atoms with Crippen molar-refractivity contribution < 1.29 is 5.11 Å². The molecule has 0 spiro atoms. The van der Waals surface area contributed by atoms with Gasteiger partial charge in [0.05, 0.1) is 6.61 Å². The van der Waals surface area contributed by atoms with E-state index in [1.807, 2.05) is 0 Å². The van der Waals surface area contributed by atoms with E-state index in [2.05, 4.69) is 27.7 Å². The summed E-state index contributed by atoms with van der Waals surface area (Å²) in [6.07, 6.45) is 3.29. The Balaban J connectivity index is 3.57. The Kier molecular flexibility index (Phi) is 5.57. The maximum absolute atomic E-state index is 8.76. The van der Waals surface area contributed by atoms with Crippen molar-refractivity contribution in [3.8, 4) is 0 Å². The summed E-state index contributed by atoms with van der Waals surface area (Å²) in [5.74, 6) is 0.706. The van der Waals surface area contributed by atoms with Gasteiger partial charge in [-0.3, -0.25) is 0 Å². The number of rotatable bonds is 5. The van der Waals surface area contributed by atoms with Crippen LogP contribution in [0.15, 0.2) is 0 Å². The lowest BCUT2D eigenvalue weighted by Crippen LogP contribution is -2.25. The highest BCUT2D eigenvalue weighted by Gasteiger charge is 2.15. The van der Waals surface area contributed by atoms with Gasteiger partial charge in [0.15, 0.2) is 0 Å². The molecule has 2 nitrogen and oxygen atoms in total. The third-order valence-corrected chi connectivity index (χ3v) is 2.23. The SMILES string of the molecule is CC(CCC(N)CO)CC(C)(C)C. The van der Waals surface area contributed by atoms with Crippen LogP contribution in [0.1, 0.15) is 47.0 Å². The Morgan fingerprint density at radius 1 is 1.23 bits per heavy atom. The van der Waals surface area contributed by atoms with Crippen molar-refractivity contribution in [3.63, 3.8) is 0 Å². The average Bonchev–Trinajstić information content (AvgIpc) is 1.97. The molecule has 0 aromatic rings. The summed E-state index contributed by atoms with van der Waals surface area (Å²) in [6, 6.07) is -0.0255. The number of hydrogen-bond acceptors (Lipinski definition) is 2. The Morgan fingerprint density at radius 3 is 2.15 bits per heavy atom. The number of nitrogens with two attached hydrogens (primary N) is 1. The van der Waals surface area contributed by atoms with Gasteiger partial charge < -0.3 is 10.8 Å². The van der Waals surface area contributed by atoms with E-state index in [0.29, 0.717) is 11.3 Å². The summed E-state index contributed by atoms with van der Waals surface area (Å²) in [6.45, 7) is 9.15. The second kappa shape index (κ2) is 5.61. The second-order valence-corrected chi connectivity index (χ2v) is 5.39. The van der Waals surface area contributed by atoms with E-state index in [4.69, 9.17) is 10.8 Å². The van der Waals surface area contributed by atoms with Gasteiger partial charge in [0.1, 0.15) is 0 Å². The molecule has 0 fully saturated rings. The molecule has 80 valence electrons. The predicted octanol–water partition coefficient (Wildman–Crippen LogP) is 2.16. The number of hydrogen-bond donors (Lipinski definition) is 2. The third kappa shape index (κ3) is 8.26. The zero-order valence-corrected chi connectivity index (χ0v) is 9.51. The Morgan fingerprint density at radius 2 is 1.77 bits per heavy atom. The minimum Gasteiger partial charge on any atom is -0.395 e. The molecule has 0 heterocycles. The van der Waals surface area contributed by atoms with Crippen LogP contribution in [0.3, 0.4) is 0 Å². The minimum absolute atomic E-state index is 0.0255. The highest BCUT2D eigenvalue weighted by molar-refractivity contribution is 4.68. The van der Waals surface area contributed by atoms with Gasteiger partial charge in [0.2, 0.25) is 0 Å². The van der Waals surface area contributed by atoms with Crippen LogP contribution in [0.2, 0.25) is 0 Å². The van der Waals surface area contributed by atoms with Gasteiger partial charge in [0.25, 0.3) is 0 Å². The zero-order chi connectivity index (χ0) is 10.5. The van der Waals surface area contributed by atoms with Gasteiger partial charge in [-0.1, -0.05) is 27.7 Å². The highest BCUT2D eigenvalue weighted by Crippen LogP contribution is 2.26. The van der Waals surface area contributed by atoms with Crippen molar-refractivity contribution in [3.05, 3.63) is 0 Å². The van der Waals surface area contributed by atoms with Crippen molar-refractivity contribution >= 4 is 0 Å². The number of aliphatic hydroxyl groups is 1. The topological polar surface area (TPSA) is 46.2 Å². The van der Waals surface area contributed by atoms with Gasteiger partial charge in [0, 0.05) is 6.04 Å². The first kappa shape index (κ1) is 12.9. The van der Waals surface area contributed by atoms with Gasteiger partial charge in [-0.25, -0.2) is 0 Å². The van der Waals surface area contributed by atoms with E-state index in [9.17, 15) is 0 Å². The third-order valence-electron chi connectivity index (χ3n) is 2.23. The molecule has 0 aliphatic rings. The standard InChI is InChI=1S/C11H25NO/c1-9(7-11(2,3)4)5-6-10(12)8-13/h9-10,13H,5-8,12H2,1-4H3. The summed E-state index contributed by atoms with van der Waals surface area (Å²) in [5.41, 5.74) is 6.04. The van der Waals surface area contributed by atoms with Crippen molar-refractivity contribution in [2.45, 2.75) is 53.0 Å². The maximum atomic E-state index is 8.76. The Labute approximate surface area is 82.5 Å². The quantitative estimate of drug-likeness (QED) is 0.693. The summed E-state index contributed by atoms with van der Waals surface area (Å²) in [5, 5.41) is 8.76. The molecule has 0 aliphatic heterocycles. The number of aliphatic hydroxyl groups excluding tert-OH is 1. The molecule has 0 rings (SSSR count). The molecular weight excluding hydrogens is 162 g/mol. The lowest BCUT2D eigenvalue weighted by molar-refractivity contribution is 0.241. The van der Waals surface area contributed by atoms with Gasteiger partial charge in [-0.15, -0.1) is 0 Å². The molecule has 2 unspecified atom stereocenters. The first-order valence-corrected chi connectivity index (χ1v) is 5.21. The van der Waals surface area contributed by atoms with Crippen LogP contribution in [0.25, 0.3) is 0 Å². The van der Waals surface area contributed by atoms with Crippen molar-refractivity contribution in [1.29, 1.82) is 0 Å².